The second-order valence-electron chi connectivity index (χ2n) is 2.62. The van der Waals surface area contributed by atoms with Gasteiger partial charge in [-0.3, -0.25) is 0 Å². The molecule has 0 radical (unpaired) electrons. The minimum absolute atomic E-state index is 0.303. The van der Waals surface area contributed by atoms with Crippen LogP contribution in [-0.4, -0.2) is 22.9 Å². The van der Waals surface area contributed by atoms with Gasteiger partial charge in [0.15, 0.2) is 0 Å². The van der Waals surface area contributed by atoms with Crippen LogP contribution in [0.4, 0.5) is 8.78 Å². The van der Waals surface area contributed by atoms with E-state index in [4.69, 9.17) is 0 Å². The maximum absolute atomic E-state index is 11.7. The van der Waals surface area contributed by atoms with E-state index in [1.807, 2.05) is 0 Å². The quantitative estimate of drug-likeness (QED) is 0.768. The van der Waals surface area contributed by atoms with E-state index >= 15 is 0 Å². The number of halogens is 2. The Labute approximate surface area is 75.2 Å². The lowest BCUT2D eigenvalue weighted by Gasteiger charge is -2.03. The van der Waals surface area contributed by atoms with Gasteiger partial charge in [0.2, 0.25) is 0 Å². The number of rotatable bonds is 4. The molecule has 0 bridgehead atoms. The summed E-state index contributed by atoms with van der Waals surface area (Å²) in [5.74, 6) is 0.649. The highest BCUT2D eigenvalue weighted by Crippen LogP contribution is 1.95. The Hall–Kier alpha value is -1.10. The van der Waals surface area contributed by atoms with Gasteiger partial charge in [-0.1, -0.05) is 0 Å². The fraction of sp³-hybridized carbons (Fsp3) is 0.500. The third-order valence-electron chi connectivity index (χ3n) is 1.44. The molecule has 0 saturated heterocycles. The van der Waals surface area contributed by atoms with E-state index < -0.39 is 6.43 Å². The number of nitrogens with zero attached hydrogens (tertiary/aromatic N) is 2. The van der Waals surface area contributed by atoms with Crippen LogP contribution >= 0.6 is 0 Å². The van der Waals surface area contributed by atoms with E-state index in [9.17, 15) is 8.78 Å². The average molecular weight is 187 g/mol. The molecular formula is C8H11F2N3. The van der Waals surface area contributed by atoms with Gasteiger partial charge < -0.3 is 5.32 Å². The predicted octanol–water partition coefficient (Wildman–Crippen LogP) is 1.14. The van der Waals surface area contributed by atoms with Crippen LogP contribution in [0.2, 0.25) is 0 Å². The van der Waals surface area contributed by atoms with Crippen LogP contribution in [0.3, 0.4) is 0 Å². The molecule has 0 aliphatic heterocycles. The first-order chi connectivity index (χ1) is 6.18. The molecule has 1 aromatic heterocycles. The maximum atomic E-state index is 11.7. The van der Waals surface area contributed by atoms with Gasteiger partial charge in [-0.25, -0.2) is 18.7 Å². The normalized spacial score (nSPS) is 10.8. The molecule has 0 aliphatic carbocycles. The van der Waals surface area contributed by atoms with Gasteiger partial charge in [0.25, 0.3) is 6.43 Å². The molecule has 1 N–H and O–H groups in total. The first-order valence-electron chi connectivity index (χ1n) is 3.96. The van der Waals surface area contributed by atoms with Crippen molar-refractivity contribution in [2.24, 2.45) is 0 Å². The summed E-state index contributed by atoms with van der Waals surface area (Å²) in [6.45, 7) is 1.81. The summed E-state index contributed by atoms with van der Waals surface area (Å²) in [7, 11) is 0. The summed E-state index contributed by atoms with van der Waals surface area (Å²) in [5, 5.41) is 2.59. The molecule has 1 rings (SSSR count). The predicted molar refractivity (Wildman–Crippen MR) is 44.5 cm³/mol. The molecule has 1 heterocycles. The topological polar surface area (TPSA) is 37.8 Å². The molecule has 13 heavy (non-hydrogen) atoms. The Morgan fingerprint density at radius 1 is 1.54 bits per heavy atom. The third-order valence-corrected chi connectivity index (χ3v) is 1.44. The number of aromatic nitrogens is 2. The smallest absolute Gasteiger partial charge is 0.250 e. The Morgan fingerprint density at radius 2 is 2.31 bits per heavy atom. The zero-order valence-electron chi connectivity index (χ0n) is 7.30. The first kappa shape index (κ1) is 9.98. The second kappa shape index (κ2) is 4.81. The summed E-state index contributed by atoms with van der Waals surface area (Å²) in [5.41, 5.74) is 0.730. The largest absolute Gasteiger partial charge is 0.306 e. The molecule has 0 fully saturated rings. The van der Waals surface area contributed by atoms with Crippen molar-refractivity contribution in [1.82, 2.24) is 15.3 Å². The molecule has 3 nitrogen and oxygen atoms in total. The first-order valence-corrected chi connectivity index (χ1v) is 3.96. The van der Waals surface area contributed by atoms with Crippen molar-refractivity contribution in [3.05, 3.63) is 23.8 Å². The lowest BCUT2D eigenvalue weighted by molar-refractivity contribution is 0.145. The van der Waals surface area contributed by atoms with E-state index in [1.165, 1.54) is 0 Å². The van der Waals surface area contributed by atoms with Crippen molar-refractivity contribution in [3.8, 4) is 0 Å². The number of nitrogens with one attached hydrogen (secondary N) is 1. The molecule has 72 valence electrons. The Bertz CT molecular complexity index is 265. The molecule has 0 spiro atoms. The molecule has 0 saturated carbocycles. The Balaban J connectivity index is 2.37. The van der Waals surface area contributed by atoms with Crippen molar-refractivity contribution in [2.75, 3.05) is 6.54 Å². The number of hydrogen-bond donors (Lipinski definition) is 1. The van der Waals surface area contributed by atoms with E-state index in [1.54, 1.807) is 19.2 Å². The molecule has 1 aromatic rings. The SMILES string of the molecule is Cc1nccc(CNCC(F)F)n1. The number of aryl methyl sites for hydroxylation is 1. The van der Waals surface area contributed by atoms with Crippen molar-refractivity contribution in [2.45, 2.75) is 19.9 Å². The fourth-order valence-electron chi connectivity index (χ4n) is 0.913. The highest BCUT2D eigenvalue weighted by molar-refractivity contribution is 5.00. The fourth-order valence-corrected chi connectivity index (χ4v) is 0.913. The van der Waals surface area contributed by atoms with Gasteiger partial charge in [-0.15, -0.1) is 0 Å². The van der Waals surface area contributed by atoms with Gasteiger partial charge in [-0.05, 0) is 13.0 Å². The van der Waals surface area contributed by atoms with Crippen LogP contribution in [-0.2, 0) is 6.54 Å². The van der Waals surface area contributed by atoms with Crippen molar-refractivity contribution in [1.29, 1.82) is 0 Å². The zero-order chi connectivity index (χ0) is 9.68. The van der Waals surface area contributed by atoms with Crippen LogP contribution in [0.15, 0.2) is 12.3 Å². The summed E-state index contributed by atoms with van der Waals surface area (Å²) in [6, 6.07) is 1.70. The molecule has 0 aromatic carbocycles. The van der Waals surface area contributed by atoms with E-state index in [2.05, 4.69) is 15.3 Å². The minimum Gasteiger partial charge on any atom is -0.306 e. The van der Waals surface area contributed by atoms with Crippen LogP contribution in [0, 0.1) is 6.92 Å². The molecule has 5 heteroatoms. The molecule has 0 amide bonds. The molecule has 0 unspecified atom stereocenters. The highest BCUT2D eigenvalue weighted by atomic mass is 19.3. The maximum Gasteiger partial charge on any atom is 0.250 e. The molecule has 0 aliphatic rings. The van der Waals surface area contributed by atoms with Crippen LogP contribution in [0.25, 0.3) is 0 Å². The van der Waals surface area contributed by atoms with Crippen LogP contribution in [0.1, 0.15) is 11.5 Å². The van der Waals surface area contributed by atoms with Crippen LogP contribution in [0.5, 0.6) is 0 Å². The van der Waals surface area contributed by atoms with Gasteiger partial charge in [0, 0.05) is 12.7 Å². The summed E-state index contributed by atoms with van der Waals surface area (Å²) in [6.07, 6.45) is -0.704. The van der Waals surface area contributed by atoms with Crippen molar-refractivity contribution >= 4 is 0 Å². The standard InChI is InChI=1S/C8H11F2N3/c1-6-12-3-2-7(13-6)4-11-5-8(9)10/h2-3,8,11H,4-5H2,1H3. The lowest BCUT2D eigenvalue weighted by atomic mass is 10.4. The average Bonchev–Trinajstić information content (AvgIpc) is 2.03. The summed E-state index contributed by atoms with van der Waals surface area (Å²) >= 11 is 0. The minimum atomic E-state index is -2.32. The Morgan fingerprint density at radius 3 is 2.92 bits per heavy atom. The highest BCUT2D eigenvalue weighted by Gasteiger charge is 2.01. The van der Waals surface area contributed by atoms with Crippen molar-refractivity contribution < 1.29 is 8.78 Å². The second-order valence-corrected chi connectivity index (χ2v) is 2.62. The molecule has 0 atom stereocenters. The number of hydrogen-bond acceptors (Lipinski definition) is 3. The summed E-state index contributed by atoms with van der Waals surface area (Å²) in [4.78, 5) is 7.95. The molecular weight excluding hydrogens is 176 g/mol. The van der Waals surface area contributed by atoms with Crippen LogP contribution < -0.4 is 5.32 Å². The van der Waals surface area contributed by atoms with E-state index in [-0.39, 0.29) is 6.54 Å². The summed E-state index contributed by atoms with van der Waals surface area (Å²) < 4.78 is 23.4. The zero-order valence-corrected chi connectivity index (χ0v) is 7.30. The Kier molecular flexibility index (Phi) is 3.70. The lowest BCUT2D eigenvalue weighted by Crippen LogP contribution is -2.21. The van der Waals surface area contributed by atoms with Gasteiger partial charge >= 0.3 is 0 Å². The van der Waals surface area contributed by atoms with E-state index in [0.717, 1.165) is 5.69 Å². The third kappa shape index (κ3) is 3.89. The number of alkyl halides is 2. The van der Waals surface area contributed by atoms with Gasteiger partial charge in [-0.2, -0.15) is 0 Å². The van der Waals surface area contributed by atoms with E-state index in [0.29, 0.717) is 12.4 Å². The van der Waals surface area contributed by atoms with Crippen molar-refractivity contribution in [3.63, 3.8) is 0 Å². The van der Waals surface area contributed by atoms with Gasteiger partial charge in [0.05, 0.1) is 12.2 Å². The van der Waals surface area contributed by atoms with Gasteiger partial charge in [0.1, 0.15) is 5.82 Å². The monoisotopic (exact) mass is 187 g/mol.